The molecule has 1 amide bonds. The lowest BCUT2D eigenvalue weighted by atomic mass is 10.1. The molecule has 2 aromatic rings. The second-order valence-corrected chi connectivity index (χ2v) is 6.72. The Morgan fingerprint density at radius 3 is 2.86 bits per heavy atom. The summed E-state index contributed by atoms with van der Waals surface area (Å²) in [5.41, 5.74) is 2.68. The number of hydrogen-bond acceptors (Lipinski definition) is 3. The topological polar surface area (TPSA) is 52.9 Å². The number of benzene rings is 2. The van der Waals surface area contributed by atoms with Gasteiger partial charge in [0.1, 0.15) is 0 Å². The summed E-state index contributed by atoms with van der Waals surface area (Å²) >= 11 is 4.95. The molecule has 2 rings (SSSR count). The first-order valence-electron chi connectivity index (χ1n) is 6.73. The lowest BCUT2D eigenvalue weighted by molar-refractivity contribution is -0.118. The van der Waals surface area contributed by atoms with E-state index >= 15 is 0 Å². The lowest BCUT2D eigenvalue weighted by Gasteiger charge is -2.07. The number of amides is 1. The van der Waals surface area contributed by atoms with E-state index in [1.165, 1.54) is 11.8 Å². The molecule has 0 unspecified atom stereocenters. The fourth-order valence-electron chi connectivity index (χ4n) is 1.92. The minimum absolute atomic E-state index is 0.0188. The Morgan fingerprint density at radius 2 is 2.14 bits per heavy atom. The number of nitrogens with zero attached hydrogens (tertiary/aromatic N) is 1. The third-order valence-electron chi connectivity index (χ3n) is 3.04. The molecule has 0 aliphatic heterocycles. The zero-order valence-corrected chi connectivity index (χ0v) is 14.5. The van der Waals surface area contributed by atoms with Crippen LogP contribution >= 0.6 is 27.7 Å². The second kappa shape index (κ2) is 8.02. The van der Waals surface area contributed by atoms with E-state index in [0.717, 1.165) is 20.5 Å². The Morgan fingerprint density at radius 1 is 1.32 bits per heavy atom. The van der Waals surface area contributed by atoms with E-state index in [0.29, 0.717) is 17.9 Å². The largest absolute Gasteiger partial charge is 0.351 e. The van der Waals surface area contributed by atoms with E-state index < -0.39 is 0 Å². The van der Waals surface area contributed by atoms with Gasteiger partial charge >= 0.3 is 0 Å². The SMILES string of the molecule is Cc1cc(Br)ccc1SCC(=O)NCc1cccc(C#N)c1. The van der Waals surface area contributed by atoms with Crippen LogP contribution in [0.5, 0.6) is 0 Å². The number of hydrogen-bond donors (Lipinski definition) is 1. The molecule has 112 valence electrons. The van der Waals surface area contributed by atoms with Crippen LogP contribution in [0.4, 0.5) is 0 Å². The van der Waals surface area contributed by atoms with Crippen LogP contribution in [0.15, 0.2) is 51.8 Å². The van der Waals surface area contributed by atoms with E-state index in [1.54, 1.807) is 12.1 Å². The Kier molecular flexibility index (Phi) is 6.05. The Balaban J connectivity index is 1.84. The molecule has 0 aliphatic rings. The summed E-state index contributed by atoms with van der Waals surface area (Å²) < 4.78 is 1.04. The highest BCUT2D eigenvalue weighted by Gasteiger charge is 2.05. The van der Waals surface area contributed by atoms with Crippen molar-refractivity contribution in [3.63, 3.8) is 0 Å². The average Bonchev–Trinajstić information content (AvgIpc) is 2.52. The maximum absolute atomic E-state index is 11.9. The molecule has 0 fully saturated rings. The summed E-state index contributed by atoms with van der Waals surface area (Å²) in [5, 5.41) is 11.7. The van der Waals surface area contributed by atoms with E-state index in [-0.39, 0.29) is 5.91 Å². The summed E-state index contributed by atoms with van der Waals surface area (Å²) in [5.74, 6) is 0.357. The van der Waals surface area contributed by atoms with Gasteiger partial charge in [-0.1, -0.05) is 28.1 Å². The van der Waals surface area contributed by atoms with Gasteiger partial charge in [0.25, 0.3) is 0 Å². The molecule has 0 radical (unpaired) electrons. The normalized spacial score (nSPS) is 10.0. The number of thioether (sulfide) groups is 1. The van der Waals surface area contributed by atoms with Crippen molar-refractivity contribution in [2.45, 2.75) is 18.4 Å². The molecule has 3 nitrogen and oxygen atoms in total. The highest BCUT2D eigenvalue weighted by Crippen LogP contribution is 2.25. The third-order valence-corrected chi connectivity index (χ3v) is 4.71. The van der Waals surface area contributed by atoms with Gasteiger partial charge in [0.2, 0.25) is 5.91 Å². The van der Waals surface area contributed by atoms with Crippen molar-refractivity contribution in [3.8, 4) is 6.07 Å². The van der Waals surface area contributed by atoms with Crippen LogP contribution < -0.4 is 5.32 Å². The van der Waals surface area contributed by atoms with Crippen molar-refractivity contribution in [3.05, 3.63) is 63.6 Å². The van der Waals surface area contributed by atoms with Crippen molar-refractivity contribution in [1.29, 1.82) is 5.26 Å². The van der Waals surface area contributed by atoms with Gasteiger partial charge < -0.3 is 5.32 Å². The lowest BCUT2D eigenvalue weighted by Crippen LogP contribution is -2.24. The first kappa shape index (κ1) is 16.6. The molecular weight excluding hydrogens is 360 g/mol. The van der Waals surface area contributed by atoms with Crippen LogP contribution in [0.2, 0.25) is 0 Å². The van der Waals surface area contributed by atoms with E-state index in [2.05, 4.69) is 27.3 Å². The summed E-state index contributed by atoms with van der Waals surface area (Å²) in [4.78, 5) is 13.0. The van der Waals surface area contributed by atoms with Crippen molar-refractivity contribution in [2.24, 2.45) is 0 Å². The fraction of sp³-hybridized carbons (Fsp3) is 0.176. The molecule has 2 aromatic carbocycles. The van der Waals surface area contributed by atoms with Crippen LogP contribution in [0.1, 0.15) is 16.7 Å². The van der Waals surface area contributed by atoms with Crippen LogP contribution in [-0.2, 0) is 11.3 Å². The minimum atomic E-state index is -0.0188. The summed E-state index contributed by atoms with van der Waals surface area (Å²) in [6.07, 6.45) is 0. The van der Waals surface area contributed by atoms with Crippen molar-refractivity contribution in [2.75, 3.05) is 5.75 Å². The molecule has 0 aliphatic carbocycles. The third kappa shape index (κ3) is 4.90. The number of nitrogens with one attached hydrogen (secondary N) is 1. The van der Waals surface area contributed by atoms with Gasteiger partial charge in [-0.2, -0.15) is 5.26 Å². The molecule has 1 N–H and O–H groups in total. The van der Waals surface area contributed by atoms with Gasteiger partial charge in [0, 0.05) is 15.9 Å². The van der Waals surface area contributed by atoms with Gasteiger partial charge in [-0.15, -0.1) is 11.8 Å². The first-order chi connectivity index (χ1) is 10.6. The number of aryl methyl sites for hydroxylation is 1. The van der Waals surface area contributed by atoms with Crippen LogP contribution in [-0.4, -0.2) is 11.7 Å². The predicted molar refractivity (Wildman–Crippen MR) is 92.6 cm³/mol. The summed E-state index contributed by atoms with van der Waals surface area (Å²) in [6.45, 7) is 2.46. The van der Waals surface area contributed by atoms with E-state index in [1.807, 2.05) is 37.3 Å². The van der Waals surface area contributed by atoms with Crippen LogP contribution in [0.25, 0.3) is 0 Å². The minimum Gasteiger partial charge on any atom is -0.351 e. The van der Waals surface area contributed by atoms with Crippen LogP contribution in [0.3, 0.4) is 0 Å². The van der Waals surface area contributed by atoms with Crippen molar-refractivity contribution >= 4 is 33.6 Å². The zero-order valence-electron chi connectivity index (χ0n) is 12.1. The van der Waals surface area contributed by atoms with E-state index in [4.69, 9.17) is 5.26 Å². The Labute approximate surface area is 142 Å². The van der Waals surface area contributed by atoms with Gasteiger partial charge in [0.15, 0.2) is 0 Å². The fourth-order valence-corrected chi connectivity index (χ4v) is 3.24. The molecule has 0 heterocycles. The Hall–Kier alpha value is -1.77. The highest BCUT2D eigenvalue weighted by molar-refractivity contribution is 9.10. The number of carbonyl (C=O) groups is 1. The summed E-state index contributed by atoms with van der Waals surface area (Å²) in [7, 11) is 0. The van der Waals surface area contributed by atoms with Gasteiger partial charge in [-0.25, -0.2) is 0 Å². The zero-order chi connectivity index (χ0) is 15.9. The molecule has 22 heavy (non-hydrogen) atoms. The first-order valence-corrected chi connectivity index (χ1v) is 8.51. The molecule has 5 heteroatoms. The molecule has 0 aromatic heterocycles. The van der Waals surface area contributed by atoms with Gasteiger partial charge in [-0.3, -0.25) is 4.79 Å². The molecule has 0 spiro atoms. The van der Waals surface area contributed by atoms with Crippen molar-refractivity contribution in [1.82, 2.24) is 5.32 Å². The molecule has 0 saturated carbocycles. The quantitative estimate of drug-likeness (QED) is 0.803. The molecular formula is C17H15BrN2OS. The highest BCUT2D eigenvalue weighted by atomic mass is 79.9. The van der Waals surface area contributed by atoms with E-state index in [9.17, 15) is 4.79 Å². The van der Waals surface area contributed by atoms with Crippen LogP contribution in [0, 0.1) is 18.3 Å². The maximum Gasteiger partial charge on any atom is 0.230 e. The number of halogens is 1. The number of nitriles is 1. The summed E-state index contributed by atoms with van der Waals surface area (Å²) in [6, 6.07) is 15.4. The monoisotopic (exact) mass is 374 g/mol. The number of rotatable bonds is 5. The molecule has 0 bridgehead atoms. The van der Waals surface area contributed by atoms with Crippen molar-refractivity contribution < 1.29 is 4.79 Å². The maximum atomic E-state index is 11.9. The predicted octanol–water partition coefficient (Wildman–Crippen LogP) is 4.04. The second-order valence-electron chi connectivity index (χ2n) is 4.79. The van der Waals surface area contributed by atoms with Gasteiger partial charge in [-0.05, 0) is 48.4 Å². The average molecular weight is 375 g/mol. The Bertz CT molecular complexity index is 725. The molecule has 0 atom stereocenters. The standard InChI is InChI=1S/C17H15BrN2OS/c1-12-7-15(18)5-6-16(12)22-11-17(21)20-10-14-4-2-3-13(8-14)9-19/h2-8H,10-11H2,1H3,(H,20,21). The molecule has 0 saturated heterocycles. The smallest absolute Gasteiger partial charge is 0.230 e. The number of carbonyl (C=O) groups excluding carboxylic acids is 1. The van der Waals surface area contributed by atoms with Gasteiger partial charge in [0.05, 0.1) is 17.4 Å².